The van der Waals surface area contributed by atoms with E-state index in [0.717, 1.165) is 13.1 Å². The Morgan fingerprint density at radius 3 is 2.64 bits per heavy atom. The van der Waals surface area contributed by atoms with E-state index in [-0.39, 0.29) is 5.54 Å². The highest BCUT2D eigenvalue weighted by Crippen LogP contribution is 2.09. The summed E-state index contributed by atoms with van der Waals surface area (Å²) in [4.78, 5) is 2.27. The molecule has 0 aromatic rings. The second-order valence-corrected chi connectivity index (χ2v) is 5.13. The van der Waals surface area contributed by atoms with Crippen LogP contribution >= 0.6 is 0 Å². The molecule has 1 fully saturated rings. The standard InChI is InChI=1S/C11H25N3/c1-11(2,14(3)4)9-13-10-6-5-7-12-8-10/h10,12-13H,5-9H2,1-4H3. The van der Waals surface area contributed by atoms with E-state index in [0.29, 0.717) is 6.04 Å². The van der Waals surface area contributed by atoms with E-state index in [9.17, 15) is 0 Å². The summed E-state index contributed by atoms with van der Waals surface area (Å²) < 4.78 is 0. The van der Waals surface area contributed by atoms with Crippen LogP contribution in [0.4, 0.5) is 0 Å². The Bertz CT molecular complexity index is 160. The van der Waals surface area contributed by atoms with Crippen molar-refractivity contribution >= 4 is 0 Å². The van der Waals surface area contributed by atoms with E-state index in [2.05, 4.69) is 43.5 Å². The fourth-order valence-electron chi connectivity index (χ4n) is 1.58. The lowest BCUT2D eigenvalue weighted by molar-refractivity contribution is 0.180. The molecule has 0 aromatic heterocycles. The maximum Gasteiger partial charge on any atom is 0.0271 e. The lowest BCUT2D eigenvalue weighted by Crippen LogP contribution is -2.52. The first-order valence-corrected chi connectivity index (χ1v) is 5.64. The van der Waals surface area contributed by atoms with Gasteiger partial charge in [-0.1, -0.05) is 0 Å². The minimum Gasteiger partial charge on any atom is -0.315 e. The van der Waals surface area contributed by atoms with Crippen molar-refractivity contribution in [1.82, 2.24) is 15.5 Å². The Labute approximate surface area is 88.2 Å². The molecular formula is C11H25N3. The summed E-state index contributed by atoms with van der Waals surface area (Å²) in [7, 11) is 4.28. The van der Waals surface area contributed by atoms with Gasteiger partial charge in [0.25, 0.3) is 0 Å². The molecule has 2 N–H and O–H groups in total. The van der Waals surface area contributed by atoms with Crippen LogP contribution in [0.2, 0.25) is 0 Å². The van der Waals surface area contributed by atoms with Crippen molar-refractivity contribution in [2.75, 3.05) is 33.7 Å². The molecule has 14 heavy (non-hydrogen) atoms. The van der Waals surface area contributed by atoms with E-state index in [4.69, 9.17) is 0 Å². The summed E-state index contributed by atoms with van der Waals surface area (Å²) >= 11 is 0. The van der Waals surface area contributed by atoms with Crippen LogP contribution in [0.1, 0.15) is 26.7 Å². The first-order chi connectivity index (χ1) is 6.52. The second kappa shape index (κ2) is 5.10. The van der Waals surface area contributed by atoms with Gasteiger partial charge in [-0.05, 0) is 47.3 Å². The van der Waals surface area contributed by atoms with Crippen LogP contribution in [0, 0.1) is 0 Å². The molecule has 0 spiro atoms. The average molecular weight is 199 g/mol. The van der Waals surface area contributed by atoms with Gasteiger partial charge in [-0.15, -0.1) is 0 Å². The molecule has 1 unspecified atom stereocenters. The molecule has 0 aromatic carbocycles. The monoisotopic (exact) mass is 199 g/mol. The largest absolute Gasteiger partial charge is 0.315 e. The Kier molecular flexibility index (Phi) is 4.35. The molecule has 1 rings (SSSR count). The molecule has 0 radical (unpaired) electrons. The summed E-state index contributed by atoms with van der Waals surface area (Å²) in [6.07, 6.45) is 2.62. The predicted molar refractivity (Wildman–Crippen MR) is 61.7 cm³/mol. The van der Waals surface area contributed by atoms with Gasteiger partial charge in [-0.2, -0.15) is 0 Å². The van der Waals surface area contributed by atoms with Gasteiger partial charge in [-0.3, -0.25) is 0 Å². The Morgan fingerprint density at radius 2 is 2.14 bits per heavy atom. The lowest BCUT2D eigenvalue weighted by Gasteiger charge is -2.35. The van der Waals surface area contributed by atoms with E-state index in [1.165, 1.54) is 19.4 Å². The fourth-order valence-corrected chi connectivity index (χ4v) is 1.58. The summed E-state index contributed by atoms with van der Waals surface area (Å²) in [6, 6.07) is 0.669. The number of rotatable bonds is 4. The molecule has 3 heteroatoms. The van der Waals surface area contributed by atoms with Crippen molar-refractivity contribution in [1.29, 1.82) is 0 Å². The molecule has 1 aliphatic heterocycles. The number of nitrogens with zero attached hydrogens (tertiary/aromatic N) is 1. The first kappa shape index (κ1) is 12.0. The zero-order chi connectivity index (χ0) is 10.6. The molecule has 0 aliphatic carbocycles. The molecule has 84 valence electrons. The normalized spacial score (nSPS) is 24.2. The average Bonchev–Trinajstić information content (AvgIpc) is 2.16. The Balaban J connectivity index is 2.24. The SMILES string of the molecule is CN(C)C(C)(C)CNC1CCCNC1. The van der Waals surface area contributed by atoms with Gasteiger partial charge < -0.3 is 15.5 Å². The molecule has 1 atom stereocenters. The summed E-state index contributed by atoms with van der Waals surface area (Å²) in [5, 5.41) is 7.06. The predicted octanol–water partition coefficient (Wildman–Crippen LogP) is 0.668. The summed E-state index contributed by atoms with van der Waals surface area (Å²) in [6.45, 7) is 7.93. The lowest BCUT2D eigenvalue weighted by atomic mass is 10.0. The number of likely N-dealkylation sites (N-methyl/N-ethyl adjacent to an activating group) is 1. The van der Waals surface area contributed by atoms with Crippen LogP contribution in [-0.4, -0.2) is 50.2 Å². The Morgan fingerprint density at radius 1 is 1.43 bits per heavy atom. The van der Waals surface area contributed by atoms with E-state index in [1.807, 2.05) is 0 Å². The van der Waals surface area contributed by atoms with Gasteiger partial charge in [-0.25, -0.2) is 0 Å². The molecule has 1 aliphatic rings. The van der Waals surface area contributed by atoms with E-state index < -0.39 is 0 Å². The third-order valence-corrected chi connectivity index (χ3v) is 3.33. The molecule has 0 bridgehead atoms. The van der Waals surface area contributed by atoms with Crippen LogP contribution in [0.25, 0.3) is 0 Å². The zero-order valence-electron chi connectivity index (χ0n) is 10.1. The van der Waals surface area contributed by atoms with Crippen LogP contribution < -0.4 is 10.6 Å². The quantitative estimate of drug-likeness (QED) is 0.697. The molecule has 0 amide bonds. The third-order valence-electron chi connectivity index (χ3n) is 3.33. The smallest absolute Gasteiger partial charge is 0.0271 e. The van der Waals surface area contributed by atoms with Crippen molar-refractivity contribution in [3.05, 3.63) is 0 Å². The topological polar surface area (TPSA) is 27.3 Å². The van der Waals surface area contributed by atoms with Crippen LogP contribution in [0.15, 0.2) is 0 Å². The first-order valence-electron chi connectivity index (χ1n) is 5.64. The van der Waals surface area contributed by atoms with Gasteiger partial charge in [0.15, 0.2) is 0 Å². The number of piperidine rings is 1. The highest BCUT2D eigenvalue weighted by molar-refractivity contribution is 4.83. The maximum atomic E-state index is 3.64. The van der Waals surface area contributed by atoms with Gasteiger partial charge in [0.2, 0.25) is 0 Å². The van der Waals surface area contributed by atoms with Crippen molar-refractivity contribution < 1.29 is 0 Å². The van der Waals surface area contributed by atoms with Crippen molar-refractivity contribution in [3.63, 3.8) is 0 Å². The van der Waals surface area contributed by atoms with Crippen molar-refractivity contribution in [2.24, 2.45) is 0 Å². The zero-order valence-corrected chi connectivity index (χ0v) is 10.1. The van der Waals surface area contributed by atoms with Gasteiger partial charge in [0.1, 0.15) is 0 Å². The molecule has 1 heterocycles. The number of hydrogen-bond acceptors (Lipinski definition) is 3. The summed E-state index contributed by atoms with van der Waals surface area (Å²) in [5.74, 6) is 0. The highest BCUT2D eigenvalue weighted by Gasteiger charge is 2.22. The molecule has 3 nitrogen and oxygen atoms in total. The third kappa shape index (κ3) is 3.56. The van der Waals surface area contributed by atoms with Crippen LogP contribution in [0.5, 0.6) is 0 Å². The van der Waals surface area contributed by atoms with Crippen LogP contribution in [-0.2, 0) is 0 Å². The number of hydrogen-bond donors (Lipinski definition) is 2. The van der Waals surface area contributed by atoms with Gasteiger partial charge in [0.05, 0.1) is 0 Å². The van der Waals surface area contributed by atoms with E-state index in [1.54, 1.807) is 0 Å². The molecule has 0 saturated carbocycles. The maximum absolute atomic E-state index is 3.64. The van der Waals surface area contributed by atoms with E-state index >= 15 is 0 Å². The second-order valence-electron chi connectivity index (χ2n) is 5.13. The van der Waals surface area contributed by atoms with Gasteiger partial charge in [0, 0.05) is 24.7 Å². The molecular weight excluding hydrogens is 174 g/mol. The Hall–Kier alpha value is -0.120. The fraction of sp³-hybridized carbons (Fsp3) is 1.00. The number of nitrogens with one attached hydrogen (secondary N) is 2. The van der Waals surface area contributed by atoms with Crippen molar-refractivity contribution in [2.45, 2.75) is 38.3 Å². The minimum absolute atomic E-state index is 0.247. The van der Waals surface area contributed by atoms with Crippen LogP contribution in [0.3, 0.4) is 0 Å². The minimum atomic E-state index is 0.247. The molecule has 1 saturated heterocycles. The van der Waals surface area contributed by atoms with Crippen molar-refractivity contribution in [3.8, 4) is 0 Å². The highest BCUT2D eigenvalue weighted by atomic mass is 15.2. The van der Waals surface area contributed by atoms with Gasteiger partial charge >= 0.3 is 0 Å². The summed E-state index contributed by atoms with van der Waals surface area (Å²) in [5.41, 5.74) is 0.247.